The van der Waals surface area contributed by atoms with Crippen LogP contribution < -0.4 is 5.73 Å². The van der Waals surface area contributed by atoms with Gasteiger partial charge in [-0.05, 0) is 51.1 Å². The molecular formula is C15H30N2O. The number of nitrogens with zero attached hydrogens (tertiary/aromatic N) is 1. The number of nitrogens with two attached hydrogens (primary N) is 1. The molecule has 0 aliphatic heterocycles. The number of aliphatic hydroxyl groups is 1. The summed E-state index contributed by atoms with van der Waals surface area (Å²) in [6, 6.07) is 0.808. The lowest BCUT2D eigenvalue weighted by Gasteiger charge is -2.33. The van der Waals surface area contributed by atoms with Crippen LogP contribution in [0.1, 0.15) is 58.3 Å². The predicted octanol–water partition coefficient (Wildman–Crippen LogP) is 2.13. The second-order valence-corrected chi connectivity index (χ2v) is 6.25. The van der Waals surface area contributed by atoms with Crippen molar-refractivity contribution in [1.29, 1.82) is 0 Å². The summed E-state index contributed by atoms with van der Waals surface area (Å²) in [5.41, 5.74) is 5.20. The molecule has 2 rings (SSSR count). The average Bonchev–Trinajstić information content (AvgIpc) is 3.01. The molecule has 2 unspecified atom stereocenters. The Morgan fingerprint density at radius 3 is 2.56 bits per heavy atom. The highest BCUT2D eigenvalue weighted by Gasteiger charge is 2.39. The first-order valence-corrected chi connectivity index (χ1v) is 7.86. The third-order valence-electron chi connectivity index (χ3n) is 5.29. The lowest BCUT2D eigenvalue weighted by Crippen LogP contribution is -2.43. The normalized spacial score (nSPS) is 33.7. The fraction of sp³-hybridized carbons (Fsp3) is 1.00. The van der Waals surface area contributed by atoms with Gasteiger partial charge in [-0.15, -0.1) is 0 Å². The van der Waals surface area contributed by atoms with Gasteiger partial charge in [0, 0.05) is 12.6 Å². The van der Waals surface area contributed by atoms with Gasteiger partial charge in [-0.1, -0.05) is 26.2 Å². The Morgan fingerprint density at radius 2 is 1.94 bits per heavy atom. The monoisotopic (exact) mass is 254 g/mol. The van der Waals surface area contributed by atoms with Crippen LogP contribution >= 0.6 is 0 Å². The highest BCUT2D eigenvalue weighted by molar-refractivity contribution is 4.93. The molecule has 106 valence electrons. The van der Waals surface area contributed by atoms with Gasteiger partial charge in [0.1, 0.15) is 0 Å². The zero-order valence-corrected chi connectivity index (χ0v) is 11.9. The molecule has 2 fully saturated rings. The fourth-order valence-electron chi connectivity index (χ4n) is 4.00. The van der Waals surface area contributed by atoms with Crippen LogP contribution in [0.4, 0.5) is 0 Å². The van der Waals surface area contributed by atoms with Crippen molar-refractivity contribution in [1.82, 2.24) is 4.90 Å². The molecule has 2 aliphatic carbocycles. The topological polar surface area (TPSA) is 49.5 Å². The lowest BCUT2D eigenvalue weighted by atomic mass is 9.88. The van der Waals surface area contributed by atoms with E-state index in [0.29, 0.717) is 12.5 Å². The summed E-state index contributed by atoms with van der Waals surface area (Å²) in [6.45, 7) is 5.00. The van der Waals surface area contributed by atoms with Crippen LogP contribution in [0, 0.1) is 5.92 Å². The van der Waals surface area contributed by atoms with Gasteiger partial charge >= 0.3 is 0 Å². The molecule has 2 saturated carbocycles. The van der Waals surface area contributed by atoms with Crippen molar-refractivity contribution in [3.8, 4) is 0 Å². The first-order valence-electron chi connectivity index (χ1n) is 7.86. The minimum atomic E-state index is -0.560. The summed E-state index contributed by atoms with van der Waals surface area (Å²) in [5, 5.41) is 10.5. The SMILES string of the molecule is CCN(CCC1CCCC1(O)CN)C1CCCC1. The minimum absolute atomic E-state index is 0.429. The summed E-state index contributed by atoms with van der Waals surface area (Å²) in [7, 11) is 0. The van der Waals surface area contributed by atoms with Gasteiger partial charge in [0.25, 0.3) is 0 Å². The Kier molecular flexibility index (Phi) is 5.05. The highest BCUT2D eigenvalue weighted by Crippen LogP contribution is 2.37. The van der Waals surface area contributed by atoms with E-state index in [1.54, 1.807) is 0 Å². The molecule has 2 atom stereocenters. The highest BCUT2D eigenvalue weighted by atomic mass is 16.3. The smallest absolute Gasteiger partial charge is 0.0797 e. The van der Waals surface area contributed by atoms with Crippen molar-refractivity contribution in [2.24, 2.45) is 11.7 Å². The maximum absolute atomic E-state index is 10.5. The lowest BCUT2D eigenvalue weighted by molar-refractivity contribution is 0.00320. The minimum Gasteiger partial charge on any atom is -0.388 e. The van der Waals surface area contributed by atoms with Crippen molar-refractivity contribution in [2.75, 3.05) is 19.6 Å². The van der Waals surface area contributed by atoms with Crippen molar-refractivity contribution < 1.29 is 5.11 Å². The molecular weight excluding hydrogens is 224 g/mol. The summed E-state index contributed by atoms with van der Waals surface area (Å²) in [6.07, 6.45) is 9.89. The van der Waals surface area contributed by atoms with Crippen LogP contribution in [0.3, 0.4) is 0 Å². The Balaban J connectivity index is 1.82. The zero-order chi connectivity index (χ0) is 13.0. The summed E-state index contributed by atoms with van der Waals surface area (Å²) >= 11 is 0. The first kappa shape index (κ1) is 14.3. The van der Waals surface area contributed by atoms with E-state index in [9.17, 15) is 5.11 Å². The van der Waals surface area contributed by atoms with E-state index in [1.165, 1.54) is 25.7 Å². The molecule has 3 N–H and O–H groups in total. The summed E-state index contributed by atoms with van der Waals surface area (Å²) in [5.74, 6) is 0.429. The Bertz CT molecular complexity index is 253. The van der Waals surface area contributed by atoms with E-state index in [0.717, 1.165) is 44.8 Å². The Morgan fingerprint density at radius 1 is 1.22 bits per heavy atom. The van der Waals surface area contributed by atoms with Gasteiger partial charge in [0.15, 0.2) is 0 Å². The molecule has 3 heteroatoms. The van der Waals surface area contributed by atoms with Crippen molar-refractivity contribution in [2.45, 2.75) is 69.9 Å². The molecule has 2 aliphatic rings. The standard InChI is InChI=1S/C15H30N2O/c1-2-17(14-7-3-4-8-14)11-9-13-6-5-10-15(13,18)12-16/h13-14,18H,2-12,16H2,1H3. The average molecular weight is 254 g/mol. The third-order valence-corrected chi connectivity index (χ3v) is 5.29. The Labute approximate surface area is 112 Å². The molecule has 0 saturated heterocycles. The first-order chi connectivity index (χ1) is 8.69. The van der Waals surface area contributed by atoms with Crippen molar-refractivity contribution in [3.05, 3.63) is 0 Å². The molecule has 3 nitrogen and oxygen atoms in total. The van der Waals surface area contributed by atoms with Crippen molar-refractivity contribution in [3.63, 3.8) is 0 Å². The van der Waals surface area contributed by atoms with E-state index < -0.39 is 5.60 Å². The van der Waals surface area contributed by atoms with Gasteiger partial charge in [-0.2, -0.15) is 0 Å². The van der Waals surface area contributed by atoms with E-state index in [2.05, 4.69) is 11.8 Å². The fourth-order valence-corrected chi connectivity index (χ4v) is 4.00. The van der Waals surface area contributed by atoms with Crippen LogP contribution in [0.15, 0.2) is 0 Å². The van der Waals surface area contributed by atoms with Gasteiger partial charge < -0.3 is 15.7 Å². The molecule has 0 heterocycles. The van der Waals surface area contributed by atoms with E-state index in [4.69, 9.17) is 5.73 Å². The molecule has 0 amide bonds. The maximum atomic E-state index is 10.5. The molecule has 0 bridgehead atoms. The largest absolute Gasteiger partial charge is 0.388 e. The van der Waals surface area contributed by atoms with Crippen molar-refractivity contribution >= 4 is 0 Å². The van der Waals surface area contributed by atoms with E-state index in [1.807, 2.05) is 0 Å². The van der Waals surface area contributed by atoms with Gasteiger partial charge in [0.2, 0.25) is 0 Å². The van der Waals surface area contributed by atoms with Crippen LogP contribution in [-0.4, -0.2) is 41.3 Å². The second kappa shape index (κ2) is 6.36. The van der Waals surface area contributed by atoms with Crippen LogP contribution in [0.2, 0.25) is 0 Å². The quantitative estimate of drug-likeness (QED) is 0.763. The number of hydrogen-bond acceptors (Lipinski definition) is 3. The third kappa shape index (κ3) is 3.06. The molecule has 0 radical (unpaired) electrons. The van der Waals surface area contributed by atoms with Gasteiger partial charge in [0.05, 0.1) is 5.60 Å². The van der Waals surface area contributed by atoms with Gasteiger partial charge in [-0.25, -0.2) is 0 Å². The molecule has 0 aromatic heterocycles. The predicted molar refractivity (Wildman–Crippen MR) is 75.5 cm³/mol. The number of rotatable bonds is 6. The molecule has 0 aromatic rings. The molecule has 0 spiro atoms. The molecule has 18 heavy (non-hydrogen) atoms. The van der Waals surface area contributed by atoms with Crippen LogP contribution in [-0.2, 0) is 0 Å². The van der Waals surface area contributed by atoms with Gasteiger partial charge in [-0.3, -0.25) is 0 Å². The summed E-state index contributed by atoms with van der Waals surface area (Å²) in [4.78, 5) is 2.63. The van der Waals surface area contributed by atoms with E-state index in [-0.39, 0.29) is 0 Å². The molecule has 0 aromatic carbocycles. The Hall–Kier alpha value is -0.120. The van der Waals surface area contributed by atoms with Crippen LogP contribution in [0.25, 0.3) is 0 Å². The summed E-state index contributed by atoms with van der Waals surface area (Å²) < 4.78 is 0. The van der Waals surface area contributed by atoms with E-state index >= 15 is 0 Å². The maximum Gasteiger partial charge on any atom is 0.0797 e. The number of hydrogen-bond donors (Lipinski definition) is 2. The zero-order valence-electron chi connectivity index (χ0n) is 11.9. The van der Waals surface area contributed by atoms with Crippen LogP contribution in [0.5, 0.6) is 0 Å². The second-order valence-electron chi connectivity index (χ2n) is 6.25.